The first kappa shape index (κ1) is 30.5. The molecule has 0 aliphatic rings. The number of rotatable bonds is 10. The third-order valence-corrected chi connectivity index (χ3v) is 21.2. The highest BCUT2D eigenvalue weighted by molar-refractivity contribution is 6.28. The Bertz CT molecular complexity index is 14100. The summed E-state index contributed by atoms with van der Waals surface area (Å²) in [5.41, 5.74) is -18.4. The van der Waals surface area contributed by atoms with Gasteiger partial charge in [0.05, 0.1) is 110 Å². The molecule has 0 fully saturated rings. The van der Waals surface area contributed by atoms with E-state index in [1.165, 1.54) is 0 Å². The van der Waals surface area contributed by atoms with Crippen LogP contribution in [0.25, 0.3) is 263 Å². The Morgan fingerprint density at radius 2 is 0.382 bits per heavy atom. The Balaban J connectivity index is 0.000000151. The summed E-state index contributed by atoms with van der Waals surface area (Å²) in [5.74, 6) is 0. The van der Waals surface area contributed by atoms with E-state index >= 15 is 0 Å². The molecule has 0 radical (unpaired) electrons. The molecule has 0 atom stereocenters. The van der Waals surface area contributed by atoms with Crippen molar-refractivity contribution in [3.63, 3.8) is 0 Å². The van der Waals surface area contributed by atoms with Gasteiger partial charge in [0.25, 0.3) is 0 Å². The third-order valence-electron chi connectivity index (χ3n) is 21.2. The molecule has 24 aromatic carbocycles. The van der Waals surface area contributed by atoms with Crippen molar-refractivity contribution in [2.75, 3.05) is 0 Å². The maximum Gasteiger partial charge on any atom is 0.143 e. The fourth-order valence-electron chi connectivity index (χ4n) is 15.8. The summed E-state index contributed by atoms with van der Waals surface area (Å²) in [6.07, 6.45) is 0. The van der Waals surface area contributed by atoms with Gasteiger partial charge in [-0.05, 0) is 182 Å². The Morgan fingerprint density at radius 3 is 0.786 bits per heavy atom. The molecule has 131 heavy (non-hydrogen) atoms. The SMILES string of the molecule is [2H]c1c([2H])c([2H])c(-c2c([2H])c([2H])c(-c3c([2H])c([2H])c([2H])c4c3oc3c(-c5c6c([2H])c([2H])c([2H])c([2H])c6c(-c6c([2H])c([2H])c([2H])c([2H])c6[2H])c6c([2H])c([2H])c([2H])c([2H])c56)c([2H])c([2H])c([2H])c34)c([2H])c2[2H])c([2H])c1[2H].[2H]c1c([2H])c([2H])c(-c2c3c([2H])c([2H])c([2H])c([2H])c3c(-c3c([2H])c([2H])c([2H])c4c3oc3c(-c5c([2H])c([2H])c([2H])c6c([2H])c([2H])c([2H])c([2H])c56)c([2H])c([2H])c([2H])c34)c3c([2H])c([2H])c([2H])c([2H])c23)c([2H])c1[2H].[2H]c1c([2H])c([2H])c(-c2c3c([2H])c([2H])c([2H])c([2H])c3c(-c3c([2H])c([2H])c4c(oc5c([2H])c([2H])c([2H])c(-c6c([2H])c([2H])c([2H])c7c([2H])c([2H])c([2H])c([2H])c67)c54)c3[2H])c3c([2H])c([2H])c([2H])c([2H])c23)c([2H])c1[2H]. The van der Waals surface area contributed by atoms with Crippen molar-refractivity contribution in [1.29, 1.82) is 0 Å². The molecule has 0 saturated carbocycles. The monoisotopic (exact) mass is 1750 g/mol. The molecule has 0 unspecified atom stereocenters. The van der Waals surface area contributed by atoms with Gasteiger partial charge in [-0.1, -0.05) is 465 Å². The smallest absolute Gasteiger partial charge is 0.143 e. The maximum atomic E-state index is 9.75. The van der Waals surface area contributed by atoms with E-state index in [4.69, 9.17) is 92.8 Å². The molecule has 0 saturated heterocycles. The Hall–Kier alpha value is -17.2. The van der Waals surface area contributed by atoms with Crippen molar-refractivity contribution >= 4 is 152 Å². The highest BCUT2D eigenvalue weighted by atomic mass is 16.3. The predicted molar refractivity (Wildman–Crippen MR) is 556 cm³/mol. The molecule has 3 heterocycles. The van der Waals surface area contributed by atoms with E-state index in [-0.39, 0.29) is 0 Å². The van der Waals surface area contributed by atoms with E-state index in [1.807, 2.05) is 0 Å². The predicted octanol–water partition coefficient (Wildman–Crippen LogP) is 36.7. The molecule has 610 valence electrons. The number of para-hydroxylation sites is 4. The highest BCUT2D eigenvalue weighted by Gasteiger charge is 2.27. The van der Waals surface area contributed by atoms with Gasteiger partial charge >= 0.3 is 0 Å². The molecule has 0 N–H and O–H groups in total. The van der Waals surface area contributed by atoms with Crippen LogP contribution >= 0.6 is 0 Å². The first-order chi connectivity index (χ1) is 98.3. The summed E-state index contributed by atoms with van der Waals surface area (Å²) < 4.78 is 730. The Morgan fingerprint density at radius 1 is 0.130 bits per heavy atom. The van der Waals surface area contributed by atoms with Crippen molar-refractivity contribution in [2.24, 2.45) is 0 Å². The molecule has 0 aliphatic heterocycles. The number of benzene rings is 24. The molecule has 0 bridgehead atoms. The van der Waals surface area contributed by atoms with E-state index in [0.717, 1.165) is 0 Å². The fraction of sp³-hybridized carbons (Fsp3) is 0. The van der Waals surface area contributed by atoms with E-state index in [0.29, 0.717) is 0 Å². The maximum absolute atomic E-state index is 9.75. The van der Waals surface area contributed by atoms with Gasteiger partial charge in [0.15, 0.2) is 0 Å². The number of hydrogen-bond donors (Lipinski definition) is 0. The topological polar surface area (TPSA) is 39.4 Å². The number of fused-ring (bicyclic) bond motifs is 17. The van der Waals surface area contributed by atoms with Gasteiger partial charge in [-0.3, -0.25) is 0 Å². The zero-order chi connectivity index (χ0) is 156. The van der Waals surface area contributed by atoms with Gasteiger partial charge in [-0.2, -0.15) is 0 Å². The van der Waals surface area contributed by atoms with Crippen molar-refractivity contribution in [3.05, 3.63) is 483 Å². The summed E-state index contributed by atoms with van der Waals surface area (Å²) in [5, 5.41) is -14.0. The molecule has 3 heteroatoms. The molecular formula is C128H80O3. The van der Waals surface area contributed by atoms with Crippen LogP contribution in [0.4, 0.5) is 0 Å². The minimum Gasteiger partial charge on any atom is -0.456 e. The number of furan rings is 3. The molecule has 0 spiro atoms. The standard InChI is InChI=1S/C44H28O.2C42H26O/c1-3-13-29(14-4-1)30-25-27-31(28-26-30)33-21-11-22-38-39-23-12-24-40(44(39)45-43(33)38)42-36-19-9-7-17-34(36)41(32-15-5-2-6-16-32)35-18-8-10-20-37(35)42;1-2-14-28(15-3-1)39-31-18-6-8-20-33(31)40(34-21-9-7-19-32(34)39)38-26-12-25-37-36-24-11-23-35(41(36)43-42(37)38)30-22-10-16-27-13-4-5-17-29(27)30;1-2-13-28(14-3-1)40-33-17-6-8-19-35(33)41(36-20-9-7-18-34(36)40)29-24-25-37-39(26-29)43-38-23-11-22-32(42(37)38)31-21-10-15-27-12-4-5-16-30(27)31/h1-28H;2*1-26H/i1D,2D,3D,4D,5D,6D,7D,8D,9D,10D,11D,12D,13D,14D,15D,16D,17D,18D,19D,20D,21D,22D,23D,24D,25D,26D,27D,28D;2*1D,2D,3D,4D,5D,6D,7D,8D,9D,10D,11D,12D,13D,14D,15D,16D,17D,18D,19D,20D,21D,22D,23D,24D,25D,26D. The second-order valence-electron chi connectivity index (χ2n) is 28.0. The van der Waals surface area contributed by atoms with Crippen LogP contribution < -0.4 is 0 Å². The molecule has 0 aliphatic carbocycles. The zero-order valence-electron chi connectivity index (χ0n) is 145. The average molecular weight is 1750 g/mol. The lowest BCUT2D eigenvalue weighted by Crippen LogP contribution is -1.90. The third kappa shape index (κ3) is 12.9. The minimum atomic E-state index is -1.02. The zero-order valence-corrected chi connectivity index (χ0v) is 65.2. The van der Waals surface area contributed by atoms with Crippen molar-refractivity contribution in [1.82, 2.24) is 0 Å². The van der Waals surface area contributed by atoms with E-state index in [2.05, 4.69) is 0 Å². The van der Waals surface area contributed by atoms with Crippen molar-refractivity contribution < 1.29 is 123 Å². The fourth-order valence-corrected chi connectivity index (χ4v) is 15.8. The minimum absolute atomic E-state index is 0.510. The van der Waals surface area contributed by atoms with Crippen LogP contribution in [0.2, 0.25) is 0 Å². The Labute approximate surface area is 868 Å². The molecule has 3 aromatic heterocycles. The number of hydrogen-bond acceptors (Lipinski definition) is 3. The van der Waals surface area contributed by atoms with Gasteiger partial charge in [0.1, 0.15) is 33.5 Å². The van der Waals surface area contributed by atoms with Crippen molar-refractivity contribution in [3.8, 4) is 111 Å². The second-order valence-corrected chi connectivity index (χ2v) is 28.0. The summed E-state index contributed by atoms with van der Waals surface area (Å²) in [7, 11) is 0. The van der Waals surface area contributed by atoms with Crippen LogP contribution in [-0.2, 0) is 0 Å². The second kappa shape index (κ2) is 32.0. The van der Waals surface area contributed by atoms with Crippen LogP contribution in [0, 0.1) is 0 Å². The molecule has 3 nitrogen and oxygen atoms in total. The normalized spacial score (nSPS) is 20.2. The van der Waals surface area contributed by atoms with Crippen LogP contribution in [0.3, 0.4) is 0 Å². The van der Waals surface area contributed by atoms with Gasteiger partial charge in [0, 0.05) is 65.7 Å². The average Bonchev–Trinajstić information content (AvgIpc) is 1.64. The summed E-state index contributed by atoms with van der Waals surface area (Å²) >= 11 is 0. The van der Waals surface area contributed by atoms with Crippen LogP contribution in [0.15, 0.2) is 497 Å². The van der Waals surface area contributed by atoms with E-state index in [9.17, 15) is 30.2 Å². The quantitative estimate of drug-likeness (QED) is 0.128. The van der Waals surface area contributed by atoms with E-state index < -0.39 is 747 Å². The summed E-state index contributed by atoms with van der Waals surface area (Å²) in [6.45, 7) is 0. The molecule has 27 aromatic rings. The molecule has 27 rings (SSSR count). The van der Waals surface area contributed by atoms with Gasteiger partial charge < -0.3 is 13.3 Å². The summed E-state index contributed by atoms with van der Waals surface area (Å²) in [6, 6.07) is -73.5. The lowest BCUT2D eigenvalue weighted by atomic mass is 9.85. The largest absolute Gasteiger partial charge is 0.456 e. The van der Waals surface area contributed by atoms with Gasteiger partial charge in [0.2, 0.25) is 0 Å². The first-order valence-corrected chi connectivity index (χ1v) is 38.5. The van der Waals surface area contributed by atoms with Crippen molar-refractivity contribution in [2.45, 2.75) is 0 Å². The Kier molecular flexibility index (Phi) is 7.45. The van der Waals surface area contributed by atoms with E-state index in [1.54, 1.807) is 0 Å². The lowest BCUT2D eigenvalue weighted by Gasteiger charge is -2.17. The lowest BCUT2D eigenvalue weighted by molar-refractivity contribution is 0.669. The van der Waals surface area contributed by atoms with Gasteiger partial charge in [-0.25, -0.2) is 0 Å². The molecular weight excluding hydrogens is 1590 g/mol. The van der Waals surface area contributed by atoms with Crippen LogP contribution in [-0.4, -0.2) is 0 Å². The molecule has 0 amide bonds. The van der Waals surface area contributed by atoms with Crippen LogP contribution in [0.5, 0.6) is 0 Å². The van der Waals surface area contributed by atoms with Gasteiger partial charge in [-0.15, -0.1) is 0 Å². The van der Waals surface area contributed by atoms with Crippen LogP contribution in [0.1, 0.15) is 110 Å². The first-order valence-electron chi connectivity index (χ1n) is 78.5. The highest BCUT2D eigenvalue weighted by Crippen LogP contribution is 2.53. The summed E-state index contributed by atoms with van der Waals surface area (Å²) in [4.78, 5) is 0.